The molecule has 0 aliphatic rings. The molecule has 0 heterocycles. The minimum absolute atomic E-state index is 0.143. The van der Waals surface area contributed by atoms with Gasteiger partial charge in [0.2, 0.25) is 8.32 Å². The highest BCUT2D eigenvalue weighted by Gasteiger charge is 2.75. The van der Waals surface area contributed by atoms with Crippen LogP contribution in [-0.2, 0) is 9.16 Å². The van der Waals surface area contributed by atoms with Crippen LogP contribution in [0.3, 0.4) is 0 Å². The first kappa shape index (κ1) is 21.7. The Bertz CT molecular complexity index is 477. The third-order valence-corrected chi connectivity index (χ3v) is 3.08. The maximum Gasteiger partial charge on any atom is 0.460 e. The molecule has 0 aromatic rings. The van der Waals surface area contributed by atoms with Crippen LogP contribution in [0.4, 0.5) is 30.7 Å². The fourth-order valence-electron chi connectivity index (χ4n) is 1.31. The van der Waals surface area contributed by atoms with Gasteiger partial charge in [0.25, 0.3) is 0 Å². The van der Waals surface area contributed by atoms with Gasteiger partial charge in [0, 0.05) is 12.7 Å². The quantitative estimate of drug-likeness (QED) is 0.378. The molecule has 1 atom stereocenters. The molecule has 0 amide bonds. The second kappa shape index (κ2) is 7.08. The first-order chi connectivity index (χ1) is 10.1. The molecule has 0 aromatic heterocycles. The van der Waals surface area contributed by atoms with E-state index in [1.807, 2.05) is 0 Å². The van der Waals surface area contributed by atoms with E-state index in [9.17, 15) is 30.7 Å². The van der Waals surface area contributed by atoms with Crippen LogP contribution in [0.15, 0.2) is 11.8 Å². The molecule has 134 valence electrons. The number of alkyl halides is 7. The van der Waals surface area contributed by atoms with Crippen LogP contribution >= 0.6 is 0 Å². The van der Waals surface area contributed by atoms with E-state index in [0.29, 0.717) is 0 Å². The van der Waals surface area contributed by atoms with E-state index in [-0.39, 0.29) is 12.7 Å². The number of rotatable bonds is 7. The van der Waals surface area contributed by atoms with E-state index in [2.05, 4.69) is 4.74 Å². The lowest BCUT2D eigenvalue weighted by Gasteiger charge is -2.33. The number of hydrogen-bond donors (Lipinski definition) is 0. The average Bonchev–Trinajstić information content (AvgIpc) is 2.33. The summed E-state index contributed by atoms with van der Waals surface area (Å²) < 4.78 is 100. The van der Waals surface area contributed by atoms with Crippen molar-refractivity contribution < 1.29 is 39.9 Å². The van der Waals surface area contributed by atoms with Gasteiger partial charge in [-0.2, -0.15) is 36.0 Å². The molecule has 3 nitrogen and oxygen atoms in total. The van der Waals surface area contributed by atoms with Crippen molar-refractivity contribution in [2.45, 2.75) is 50.7 Å². The van der Waals surface area contributed by atoms with Gasteiger partial charge < -0.3 is 9.16 Å². The summed E-state index contributed by atoms with van der Waals surface area (Å²) in [5.74, 6) is -14.0. The van der Waals surface area contributed by atoms with Gasteiger partial charge in [-0.05, 0) is 26.6 Å². The minimum Gasteiger partial charge on any atom is -0.543 e. The lowest BCUT2D eigenvalue weighted by molar-refractivity contribution is -0.349. The van der Waals surface area contributed by atoms with Crippen molar-refractivity contribution in [1.82, 2.24) is 0 Å². The van der Waals surface area contributed by atoms with Crippen molar-refractivity contribution in [3.8, 4) is 6.07 Å². The second-order valence-electron chi connectivity index (χ2n) is 5.40. The second-order valence-corrected chi connectivity index (χ2v) is 9.83. The molecule has 0 bridgehead atoms. The fraction of sp³-hybridized carbons (Fsp3) is 0.750. The Hall–Kier alpha value is -1.28. The molecule has 0 saturated heterocycles. The summed E-state index contributed by atoms with van der Waals surface area (Å²) in [5.41, 5.74) is 0. The maximum absolute atomic E-state index is 13.8. The summed E-state index contributed by atoms with van der Waals surface area (Å²) >= 11 is 0. The Kier molecular flexibility index (Phi) is 6.69. The van der Waals surface area contributed by atoms with Crippen molar-refractivity contribution in [3.63, 3.8) is 0 Å². The third kappa shape index (κ3) is 5.38. The summed E-state index contributed by atoms with van der Waals surface area (Å²) in [7, 11) is -2.98. The lowest BCUT2D eigenvalue weighted by atomic mass is 10.1. The zero-order chi connectivity index (χ0) is 18.7. The molecule has 23 heavy (non-hydrogen) atoms. The Labute approximate surface area is 129 Å². The minimum atomic E-state index is -6.49. The zero-order valence-corrected chi connectivity index (χ0v) is 13.8. The zero-order valence-electron chi connectivity index (χ0n) is 12.8. The molecule has 0 saturated carbocycles. The van der Waals surface area contributed by atoms with Gasteiger partial charge in [0.05, 0.1) is 6.07 Å². The van der Waals surface area contributed by atoms with E-state index < -0.39 is 38.2 Å². The molecule has 0 fully saturated rings. The van der Waals surface area contributed by atoms with E-state index >= 15 is 0 Å². The molecule has 0 radical (unpaired) electrons. The number of allylic oxidation sites excluding steroid dienone is 1. The van der Waals surface area contributed by atoms with Crippen LogP contribution < -0.4 is 0 Å². The first-order valence-corrected chi connectivity index (χ1v) is 9.76. The van der Waals surface area contributed by atoms with Gasteiger partial charge in [-0.25, -0.2) is 0 Å². The average molecular weight is 367 g/mol. The van der Waals surface area contributed by atoms with Crippen molar-refractivity contribution in [3.05, 3.63) is 11.8 Å². The Morgan fingerprint density at radius 1 is 1.13 bits per heavy atom. The van der Waals surface area contributed by atoms with Crippen molar-refractivity contribution in [1.29, 1.82) is 5.26 Å². The molecule has 11 heteroatoms. The predicted molar refractivity (Wildman–Crippen MR) is 69.5 cm³/mol. The van der Waals surface area contributed by atoms with Gasteiger partial charge in [-0.3, -0.25) is 0 Å². The van der Waals surface area contributed by atoms with Crippen molar-refractivity contribution in [2.75, 3.05) is 6.61 Å². The van der Waals surface area contributed by atoms with Crippen LogP contribution in [0, 0.1) is 11.3 Å². The number of ether oxygens (including phenoxy) is 1. The highest BCUT2D eigenvalue weighted by atomic mass is 28.4. The third-order valence-electron chi connectivity index (χ3n) is 2.25. The standard InChI is InChI=1S/C12H16F7NO2Si/c1-5-21-8(7-20)6-9(22-23(2,3)4)10(13,14)11(15,16)12(17,18)19/h6,8H,5H2,1-4H3/b9-6-. The topological polar surface area (TPSA) is 42.2 Å². The SMILES string of the molecule is CCOC(C#N)/C=C(\O[Si](C)(C)C)C(F)(F)C(F)(F)C(F)(F)F. The number of hydrogen-bond acceptors (Lipinski definition) is 3. The van der Waals surface area contributed by atoms with Crippen LogP contribution in [0.25, 0.3) is 0 Å². The fourth-order valence-corrected chi connectivity index (χ4v) is 2.16. The van der Waals surface area contributed by atoms with Gasteiger partial charge in [-0.1, -0.05) is 0 Å². The van der Waals surface area contributed by atoms with Crippen LogP contribution in [-0.4, -0.2) is 39.0 Å². The van der Waals surface area contributed by atoms with Crippen molar-refractivity contribution >= 4 is 8.32 Å². The number of nitrogens with zero attached hydrogens (tertiary/aromatic N) is 1. The maximum atomic E-state index is 13.8. The highest BCUT2D eigenvalue weighted by Crippen LogP contribution is 2.50. The predicted octanol–water partition coefficient (Wildman–Crippen LogP) is 4.48. The Balaban J connectivity index is 6.05. The normalized spacial score (nSPS) is 16.0. The van der Waals surface area contributed by atoms with E-state index in [1.54, 1.807) is 0 Å². The van der Waals surface area contributed by atoms with Crippen molar-refractivity contribution in [2.24, 2.45) is 0 Å². The highest BCUT2D eigenvalue weighted by molar-refractivity contribution is 6.70. The van der Waals surface area contributed by atoms with Gasteiger partial charge in [-0.15, -0.1) is 0 Å². The molecule has 0 aliphatic carbocycles. The Morgan fingerprint density at radius 2 is 1.61 bits per heavy atom. The van der Waals surface area contributed by atoms with Crippen LogP contribution in [0.1, 0.15) is 6.92 Å². The molecule has 0 aliphatic heterocycles. The summed E-state index contributed by atoms with van der Waals surface area (Å²) in [5, 5.41) is 8.71. The van der Waals surface area contributed by atoms with Gasteiger partial charge in [0.1, 0.15) is 0 Å². The molecule has 0 rings (SSSR count). The van der Waals surface area contributed by atoms with E-state index in [0.717, 1.165) is 0 Å². The van der Waals surface area contributed by atoms with Gasteiger partial charge in [0.15, 0.2) is 11.9 Å². The summed E-state index contributed by atoms with van der Waals surface area (Å²) in [4.78, 5) is 0. The Morgan fingerprint density at radius 3 is 1.91 bits per heavy atom. The molecule has 1 unspecified atom stereocenters. The molecular weight excluding hydrogens is 351 g/mol. The molecule has 0 N–H and O–H groups in total. The van der Waals surface area contributed by atoms with E-state index in [4.69, 9.17) is 9.69 Å². The molecule has 0 spiro atoms. The largest absolute Gasteiger partial charge is 0.543 e. The first-order valence-electron chi connectivity index (χ1n) is 6.35. The number of halogens is 7. The van der Waals surface area contributed by atoms with E-state index in [1.165, 1.54) is 32.6 Å². The van der Waals surface area contributed by atoms with Crippen LogP contribution in [0.2, 0.25) is 19.6 Å². The smallest absolute Gasteiger partial charge is 0.460 e. The summed E-state index contributed by atoms with van der Waals surface area (Å²) in [6, 6.07) is 1.36. The summed E-state index contributed by atoms with van der Waals surface area (Å²) in [6.07, 6.45) is -8.09. The monoisotopic (exact) mass is 367 g/mol. The molecular formula is C12H16F7NO2Si. The van der Waals surface area contributed by atoms with Gasteiger partial charge >= 0.3 is 18.0 Å². The lowest BCUT2D eigenvalue weighted by Crippen LogP contribution is -2.54. The number of nitriles is 1. The summed E-state index contributed by atoms with van der Waals surface area (Å²) in [6.45, 7) is 5.18. The molecule has 0 aromatic carbocycles. The van der Waals surface area contributed by atoms with Crippen LogP contribution in [0.5, 0.6) is 0 Å².